The lowest BCUT2D eigenvalue weighted by Crippen LogP contribution is -2.12. The maximum atomic E-state index is 10.3. The largest absolute Gasteiger partial charge is 0.493 e. The second-order valence-corrected chi connectivity index (χ2v) is 3.99. The van der Waals surface area contributed by atoms with E-state index < -0.39 is 6.10 Å². The summed E-state index contributed by atoms with van der Waals surface area (Å²) in [5, 5.41) is 10.3. The summed E-state index contributed by atoms with van der Waals surface area (Å²) in [6, 6.07) is 7.76. The van der Waals surface area contributed by atoms with Gasteiger partial charge in [0.2, 0.25) is 0 Å². The normalized spacial score (nSPS) is 12.8. The zero-order valence-corrected chi connectivity index (χ0v) is 10.4. The van der Waals surface area contributed by atoms with Crippen molar-refractivity contribution < 1.29 is 9.84 Å². The van der Waals surface area contributed by atoms with E-state index in [-0.39, 0.29) is 0 Å². The first-order valence-electron chi connectivity index (χ1n) is 6.14. The summed E-state index contributed by atoms with van der Waals surface area (Å²) < 4.78 is 5.54. The molecule has 1 rings (SSSR count). The highest BCUT2D eigenvalue weighted by Gasteiger charge is 2.20. The minimum atomic E-state index is -0.419. The Labute approximate surface area is 98.3 Å². The van der Waals surface area contributed by atoms with Crippen LogP contribution in [-0.2, 0) is 0 Å². The molecular formula is C14H22O2. The second-order valence-electron chi connectivity index (χ2n) is 3.99. The van der Waals surface area contributed by atoms with Gasteiger partial charge in [0.25, 0.3) is 0 Å². The van der Waals surface area contributed by atoms with Gasteiger partial charge in [-0.1, -0.05) is 44.9 Å². The van der Waals surface area contributed by atoms with Gasteiger partial charge in [0.05, 0.1) is 12.7 Å². The van der Waals surface area contributed by atoms with Crippen LogP contribution in [0, 0.1) is 5.92 Å². The van der Waals surface area contributed by atoms with E-state index in [1.807, 2.05) is 31.2 Å². The fraction of sp³-hybridized carbons (Fsp3) is 0.571. The minimum Gasteiger partial charge on any atom is -0.493 e. The number of benzene rings is 1. The Hall–Kier alpha value is -1.02. The van der Waals surface area contributed by atoms with E-state index in [1.54, 1.807) is 0 Å². The van der Waals surface area contributed by atoms with Gasteiger partial charge in [-0.3, -0.25) is 0 Å². The van der Waals surface area contributed by atoms with Gasteiger partial charge in [-0.15, -0.1) is 0 Å². The first-order valence-corrected chi connectivity index (χ1v) is 6.14. The van der Waals surface area contributed by atoms with Crippen LogP contribution in [0.4, 0.5) is 0 Å². The maximum absolute atomic E-state index is 10.3. The van der Waals surface area contributed by atoms with Gasteiger partial charge in [-0.2, -0.15) is 0 Å². The SMILES string of the molecule is CCOc1ccccc1C(O)C(CC)CC. The van der Waals surface area contributed by atoms with E-state index in [9.17, 15) is 5.11 Å². The van der Waals surface area contributed by atoms with E-state index in [0.29, 0.717) is 12.5 Å². The molecule has 0 amide bonds. The molecule has 0 radical (unpaired) electrons. The van der Waals surface area contributed by atoms with Crippen LogP contribution in [0.3, 0.4) is 0 Å². The molecule has 0 fully saturated rings. The Balaban J connectivity index is 2.92. The fourth-order valence-electron chi connectivity index (χ4n) is 2.00. The average molecular weight is 222 g/mol. The lowest BCUT2D eigenvalue weighted by Gasteiger charge is -2.22. The Kier molecular flexibility index (Phi) is 5.33. The van der Waals surface area contributed by atoms with Crippen LogP contribution in [0.15, 0.2) is 24.3 Å². The molecule has 1 unspecified atom stereocenters. The summed E-state index contributed by atoms with van der Waals surface area (Å²) in [4.78, 5) is 0. The lowest BCUT2D eigenvalue weighted by atomic mass is 9.91. The van der Waals surface area contributed by atoms with Crippen molar-refractivity contribution in [3.05, 3.63) is 29.8 Å². The quantitative estimate of drug-likeness (QED) is 0.797. The molecule has 0 aliphatic heterocycles. The minimum absolute atomic E-state index is 0.307. The van der Waals surface area contributed by atoms with Crippen LogP contribution in [-0.4, -0.2) is 11.7 Å². The fourth-order valence-corrected chi connectivity index (χ4v) is 2.00. The molecule has 90 valence electrons. The molecule has 1 N–H and O–H groups in total. The standard InChI is InChI=1S/C14H22O2/c1-4-11(5-2)14(15)12-9-7-8-10-13(12)16-6-3/h7-11,14-15H,4-6H2,1-3H3. The second kappa shape index (κ2) is 6.54. The summed E-state index contributed by atoms with van der Waals surface area (Å²) in [6.07, 6.45) is 1.55. The average Bonchev–Trinajstić information content (AvgIpc) is 2.31. The van der Waals surface area contributed by atoms with Crippen molar-refractivity contribution in [3.63, 3.8) is 0 Å². The number of para-hydroxylation sites is 1. The summed E-state index contributed by atoms with van der Waals surface area (Å²) in [6.45, 7) is 6.81. The molecule has 0 aliphatic rings. The maximum Gasteiger partial charge on any atom is 0.125 e. The Morgan fingerprint density at radius 3 is 2.31 bits per heavy atom. The van der Waals surface area contributed by atoms with Gasteiger partial charge in [0.1, 0.15) is 5.75 Å². The predicted molar refractivity (Wildman–Crippen MR) is 66.6 cm³/mol. The summed E-state index contributed by atoms with van der Waals surface area (Å²) in [7, 11) is 0. The third kappa shape index (κ3) is 2.99. The highest BCUT2D eigenvalue weighted by molar-refractivity contribution is 5.35. The summed E-state index contributed by atoms with van der Waals surface area (Å²) >= 11 is 0. The molecule has 0 spiro atoms. The predicted octanol–water partition coefficient (Wildman–Crippen LogP) is 3.55. The Bertz CT molecular complexity index is 305. The number of aliphatic hydroxyl groups excluding tert-OH is 1. The molecule has 2 heteroatoms. The van der Waals surface area contributed by atoms with Crippen molar-refractivity contribution in [2.24, 2.45) is 5.92 Å². The first-order chi connectivity index (χ1) is 7.74. The molecule has 0 saturated carbocycles. The lowest BCUT2D eigenvalue weighted by molar-refractivity contribution is 0.0997. The van der Waals surface area contributed by atoms with Crippen LogP contribution in [0.1, 0.15) is 45.3 Å². The van der Waals surface area contributed by atoms with Crippen LogP contribution in [0.5, 0.6) is 5.75 Å². The van der Waals surface area contributed by atoms with Crippen LogP contribution < -0.4 is 4.74 Å². The van der Waals surface area contributed by atoms with Crippen molar-refractivity contribution in [2.45, 2.75) is 39.7 Å². The van der Waals surface area contributed by atoms with E-state index in [2.05, 4.69) is 13.8 Å². The van der Waals surface area contributed by atoms with Gasteiger partial charge < -0.3 is 9.84 Å². The van der Waals surface area contributed by atoms with E-state index in [1.165, 1.54) is 0 Å². The molecule has 2 nitrogen and oxygen atoms in total. The smallest absolute Gasteiger partial charge is 0.125 e. The zero-order valence-electron chi connectivity index (χ0n) is 10.4. The van der Waals surface area contributed by atoms with Crippen LogP contribution in [0.25, 0.3) is 0 Å². The van der Waals surface area contributed by atoms with E-state index in [0.717, 1.165) is 24.2 Å². The third-order valence-electron chi connectivity index (χ3n) is 3.03. The molecule has 0 aromatic heterocycles. The Morgan fingerprint density at radius 2 is 1.75 bits per heavy atom. The number of aliphatic hydroxyl groups is 1. The number of rotatable bonds is 6. The highest BCUT2D eigenvalue weighted by atomic mass is 16.5. The first kappa shape index (κ1) is 13.0. The van der Waals surface area contributed by atoms with Gasteiger partial charge in [0.15, 0.2) is 0 Å². The van der Waals surface area contributed by atoms with Crippen molar-refractivity contribution in [1.82, 2.24) is 0 Å². The van der Waals surface area contributed by atoms with Crippen molar-refractivity contribution in [2.75, 3.05) is 6.61 Å². The monoisotopic (exact) mass is 222 g/mol. The van der Waals surface area contributed by atoms with E-state index in [4.69, 9.17) is 4.74 Å². The molecular weight excluding hydrogens is 200 g/mol. The number of hydrogen-bond acceptors (Lipinski definition) is 2. The van der Waals surface area contributed by atoms with Gasteiger partial charge in [-0.05, 0) is 18.9 Å². The van der Waals surface area contributed by atoms with Crippen LogP contribution in [0.2, 0.25) is 0 Å². The Morgan fingerprint density at radius 1 is 1.12 bits per heavy atom. The molecule has 1 atom stereocenters. The molecule has 0 saturated heterocycles. The molecule has 0 bridgehead atoms. The van der Waals surface area contributed by atoms with Crippen molar-refractivity contribution in [3.8, 4) is 5.75 Å². The summed E-state index contributed by atoms with van der Waals surface area (Å²) in [5.41, 5.74) is 0.915. The van der Waals surface area contributed by atoms with Crippen molar-refractivity contribution >= 4 is 0 Å². The molecule has 16 heavy (non-hydrogen) atoms. The van der Waals surface area contributed by atoms with E-state index >= 15 is 0 Å². The topological polar surface area (TPSA) is 29.5 Å². The molecule has 1 aromatic rings. The highest BCUT2D eigenvalue weighted by Crippen LogP contribution is 2.33. The van der Waals surface area contributed by atoms with Gasteiger partial charge >= 0.3 is 0 Å². The zero-order chi connectivity index (χ0) is 12.0. The molecule has 0 heterocycles. The van der Waals surface area contributed by atoms with Gasteiger partial charge in [-0.25, -0.2) is 0 Å². The molecule has 1 aromatic carbocycles. The third-order valence-corrected chi connectivity index (χ3v) is 3.03. The van der Waals surface area contributed by atoms with Crippen molar-refractivity contribution in [1.29, 1.82) is 0 Å². The van der Waals surface area contributed by atoms with Crippen LogP contribution >= 0.6 is 0 Å². The number of hydrogen-bond donors (Lipinski definition) is 1. The van der Waals surface area contributed by atoms with Gasteiger partial charge in [0, 0.05) is 5.56 Å². The summed E-state index contributed by atoms with van der Waals surface area (Å²) in [5.74, 6) is 1.12. The molecule has 0 aliphatic carbocycles. The number of ether oxygens (including phenoxy) is 1.